The normalized spacial score (nSPS) is 9.40. The van der Waals surface area contributed by atoms with Crippen molar-refractivity contribution < 1.29 is 9.59 Å². The van der Waals surface area contributed by atoms with Gasteiger partial charge in [0, 0.05) is 11.1 Å². The van der Waals surface area contributed by atoms with Crippen molar-refractivity contribution in [3.63, 3.8) is 0 Å². The van der Waals surface area contributed by atoms with Gasteiger partial charge in [-0.15, -0.1) is 11.6 Å². The Morgan fingerprint density at radius 1 is 1.60 bits per heavy atom. The summed E-state index contributed by atoms with van der Waals surface area (Å²) in [7, 11) is 0. The monoisotopic (exact) mass is 221 g/mol. The number of nitriles is 1. The summed E-state index contributed by atoms with van der Waals surface area (Å²) in [5.74, 6) is -0.483. The molecule has 1 aromatic carbocycles. The van der Waals surface area contributed by atoms with E-state index in [2.05, 4.69) is 0 Å². The highest BCUT2D eigenvalue weighted by Crippen LogP contribution is 2.16. The smallest absolute Gasteiger partial charge is 0.178 e. The molecule has 0 saturated heterocycles. The fourth-order valence-corrected chi connectivity index (χ4v) is 1.39. The Bertz CT molecular complexity index is 460. The van der Waals surface area contributed by atoms with E-state index in [4.69, 9.17) is 16.9 Å². The molecule has 3 nitrogen and oxygen atoms in total. The van der Waals surface area contributed by atoms with Crippen molar-refractivity contribution in [1.82, 2.24) is 0 Å². The number of aldehydes is 1. The summed E-state index contributed by atoms with van der Waals surface area (Å²) in [4.78, 5) is 22.0. The van der Waals surface area contributed by atoms with E-state index in [9.17, 15) is 9.59 Å². The number of rotatable bonds is 3. The number of nitrogens with zero attached hydrogens (tertiary/aromatic N) is 1. The zero-order chi connectivity index (χ0) is 11.4. The average Bonchev–Trinajstić information content (AvgIpc) is 2.27. The maximum absolute atomic E-state index is 11.4. The highest BCUT2D eigenvalue weighted by Gasteiger charge is 2.12. The first-order valence-corrected chi connectivity index (χ1v) is 4.76. The second kappa shape index (κ2) is 4.72. The standard InChI is InChI=1S/C11H8ClNO2/c1-7-2-10(11(15)4-12)8(5-13)3-9(7)6-14/h2-3,6H,4H2,1H3. The van der Waals surface area contributed by atoms with Gasteiger partial charge < -0.3 is 0 Å². The Morgan fingerprint density at radius 3 is 2.73 bits per heavy atom. The minimum atomic E-state index is -0.311. The molecule has 0 unspecified atom stereocenters. The van der Waals surface area contributed by atoms with Crippen molar-refractivity contribution in [3.05, 3.63) is 34.4 Å². The van der Waals surface area contributed by atoms with Crippen LogP contribution >= 0.6 is 11.6 Å². The van der Waals surface area contributed by atoms with E-state index in [1.54, 1.807) is 6.92 Å². The first-order valence-electron chi connectivity index (χ1n) is 4.23. The minimum absolute atomic E-state index is 0.172. The van der Waals surface area contributed by atoms with Crippen LogP contribution < -0.4 is 0 Å². The van der Waals surface area contributed by atoms with Crippen molar-refractivity contribution in [3.8, 4) is 6.07 Å². The molecule has 0 aliphatic heterocycles. The third-order valence-corrected chi connectivity index (χ3v) is 2.32. The van der Waals surface area contributed by atoms with E-state index in [1.165, 1.54) is 12.1 Å². The number of halogens is 1. The number of hydrogen-bond donors (Lipinski definition) is 0. The second-order valence-corrected chi connectivity index (χ2v) is 3.31. The van der Waals surface area contributed by atoms with Gasteiger partial charge in [0.15, 0.2) is 5.78 Å². The molecule has 0 bridgehead atoms. The van der Waals surface area contributed by atoms with Gasteiger partial charge in [0.1, 0.15) is 6.29 Å². The van der Waals surface area contributed by atoms with Crippen LogP contribution in [-0.4, -0.2) is 17.9 Å². The van der Waals surface area contributed by atoms with Gasteiger partial charge in [-0.2, -0.15) is 5.26 Å². The number of hydrogen-bond acceptors (Lipinski definition) is 3. The molecule has 0 radical (unpaired) electrons. The number of benzene rings is 1. The van der Waals surface area contributed by atoms with Crippen LogP contribution in [0.3, 0.4) is 0 Å². The second-order valence-electron chi connectivity index (χ2n) is 3.04. The van der Waals surface area contributed by atoms with Crippen LogP contribution in [0.2, 0.25) is 0 Å². The Balaban J connectivity index is 3.41. The van der Waals surface area contributed by atoms with Crippen LogP contribution in [-0.2, 0) is 0 Å². The van der Waals surface area contributed by atoms with Gasteiger partial charge in [-0.1, -0.05) is 0 Å². The first-order chi connectivity index (χ1) is 7.13. The molecule has 15 heavy (non-hydrogen) atoms. The van der Waals surface area contributed by atoms with Gasteiger partial charge >= 0.3 is 0 Å². The maximum Gasteiger partial charge on any atom is 0.178 e. The fourth-order valence-electron chi connectivity index (χ4n) is 1.25. The molecular formula is C11H8ClNO2. The topological polar surface area (TPSA) is 57.9 Å². The predicted octanol–water partition coefficient (Wildman–Crippen LogP) is 2.10. The lowest BCUT2D eigenvalue weighted by Crippen LogP contribution is -2.05. The molecule has 0 N–H and O–H groups in total. The third-order valence-electron chi connectivity index (χ3n) is 2.08. The quantitative estimate of drug-likeness (QED) is 0.446. The van der Waals surface area contributed by atoms with E-state index in [1.807, 2.05) is 6.07 Å². The van der Waals surface area contributed by atoms with Crippen LogP contribution in [0.15, 0.2) is 12.1 Å². The number of alkyl halides is 1. The molecule has 0 aliphatic rings. The number of carbonyl (C=O) groups excluding carboxylic acids is 2. The van der Waals surface area contributed by atoms with Crippen LogP contribution in [0.25, 0.3) is 0 Å². The van der Waals surface area contributed by atoms with Crippen molar-refractivity contribution >= 4 is 23.7 Å². The molecular weight excluding hydrogens is 214 g/mol. The van der Waals surface area contributed by atoms with Gasteiger partial charge in [-0.05, 0) is 24.6 Å². The van der Waals surface area contributed by atoms with E-state index < -0.39 is 0 Å². The number of Topliss-reactive ketones (excluding diaryl/α,β-unsaturated/α-hetero) is 1. The average molecular weight is 222 g/mol. The lowest BCUT2D eigenvalue weighted by molar-refractivity contribution is 0.101. The van der Waals surface area contributed by atoms with E-state index in [0.29, 0.717) is 17.4 Å². The zero-order valence-electron chi connectivity index (χ0n) is 8.08. The molecule has 0 amide bonds. The Labute approximate surface area is 92.3 Å². The molecule has 0 atom stereocenters. The molecule has 0 heterocycles. The molecule has 1 aromatic rings. The number of carbonyl (C=O) groups is 2. The van der Waals surface area contributed by atoms with E-state index in [-0.39, 0.29) is 22.8 Å². The van der Waals surface area contributed by atoms with Crippen LogP contribution in [0.4, 0.5) is 0 Å². The van der Waals surface area contributed by atoms with Crippen molar-refractivity contribution in [1.29, 1.82) is 5.26 Å². The largest absolute Gasteiger partial charge is 0.298 e. The summed E-state index contributed by atoms with van der Waals surface area (Å²) in [6.45, 7) is 1.70. The highest BCUT2D eigenvalue weighted by atomic mass is 35.5. The van der Waals surface area contributed by atoms with Crippen molar-refractivity contribution in [2.75, 3.05) is 5.88 Å². The van der Waals surface area contributed by atoms with Crippen LogP contribution in [0, 0.1) is 18.3 Å². The Kier molecular flexibility index (Phi) is 3.59. The molecule has 0 aliphatic carbocycles. The van der Waals surface area contributed by atoms with Gasteiger partial charge in [0.25, 0.3) is 0 Å². The van der Waals surface area contributed by atoms with Crippen molar-refractivity contribution in [2.24, 2.45) is 0 Å². The summed E-state index contributed by atoms with van der Waals surface area (Å²) in [6.07, 6.45) is 0.658. The number of aryl methyl sites for hydroxylation is 1. The third kappa shape index (κ3) is 2.23. The molecule has 4 heteroatoms. The van der Waals surface area contributed by atoms with Crippen LogP contribution in [0.5, 0.6) is 0 Å². The lowest BCUT2D eigenvalue weighted by Gasteiger charge is -2.04. The van der Waals surface area contributed by atoms with E-state index in [0.717, 1.165) is 0 Å². The molecule has 0 saturated carbocycles. The first kappa shape index (κ1) is 11.4. The SMILES string of the molecule is Cc1cc(C(=O)CCl)c(C#N)cc1C=O. The number of ketones is 1. The summed E-state index contributed by atoms with van der Waals surface area (Å²) < 4.78 is 0. The van der Waals surface area contributed by atoms with Gasteiger partial charge in [0.05, 0.1) is 17.5 Å². The highest BCUT2D eigenvalue weighted by molar-refractivity contribution is 6.30. The molecule has 76 valence electrons. The Morgan fingerprint density at radius 2 is 2.27 bits per heavy atom. The van der Waals surface area contributed by atoms with Gasteiger partial charge in [0.2, 0.25) is 0 Å². The molecule has 0 aromatic heterocycles. The molecule has 0 spiro atoms. The maximum atomic E-state index is 11.4. The summed E-state index contributed by atoms with van der Waals surface area (Å²) in [5.41, 5.74) is 1.54. The zero-order valence-corrected chi connectivity index (χ0v) is 8.84. The fraction of sp³-hybridized carbons (Fsp3) is 0.182. The van der Waals surface area contributed by atoms with Crippen LogP contribution in [0.1, 0.15) is 31.8 Å². The van der Waals surface area contributed by atoms with Gasteiger partial charge in [-0.3, -0.25) is 9.59 Å². The summed E-state index contributed by atoms with van der Waals surface area (Å²) in [5, 5.41) is 8.81. The molecule has 0 fully saturated rings. The minimum Gasteiger partial charge on any atom is -0.298 e. The lowest BCUT2D eigenvalue weighted by atomic mass is 9.98. The Hall–Kier alpha value is -1.66. The summed E-state index contributed by atoms with van der Waals surface area (Å²) >= 11 is 5.41. The predicted molar refractivity (Wildman–Crippen MR) is 56.3 cm³/mol. The van der Waals surface area contributed by atoms with Gasteiger partial charge in [-0.25, -0.2) is 0 Å². The molecule has 1 rings (SSSR count). The summed E-state index contributed by atoms with van der Waals surface area (Å²) in [6, 6.07) is 4.80. The van der Waals surface area contributed by atoms with Crippen molar-refractivity contribution in [2.45, 2.75) is 6.92 Å². The van der Waals surface area contributed by atoms with E-state index >= 15 is 0 Å².